The maximum atomic E-state index is 6.34. The van der Waals surface area contributed by atoms with Crippen LogP contribution in [0.5, 0.6) is 5.75 Å². The lowest BCUT2D eigenvalue weighted by Gasteiger charge is -2.18. The molecule has 1 fully saturated rings. The molecule has 1 heterocycles. The Morgan fingerprint density at radius 2 is 2.00 bits per heavy atom. The Labute approximate surface area is 125 Å². The predicted octanol–water partition coefficient (Wildman–Crippen LogP) is 3.30. The summed E-state index contributed by atoms with van der Waals surface area (Å²) in [6.07, 6.45) is 1.04. The zero-order valence-corrected chi connectivity index (χ0v) is 12.1. The van der Waals surface area contributed by atoms with Gasteiger partial charge in [0.1, 0.15) is 12.4 Å². The van der Waals surface area contributed by atoms with E-state index >= 15 is 0 Å². The van der Waals surface area contributed by atoms with E-state index in [1.807, 2.05) is 36.4 Å². The van der Waals surface area contributed by atoms with E-state index < -0.39 is 0 Å². The third-order valence-electron chi connectivity index (χ3n) is 3.96. The first-order valence-electron chi connectivity index (χ1n) is 7.43. The summed E-state index contributed by atoms with van der Waals surface area (Å²) in [5.74, 6) is 1.28. The average Bonchev–Trinajstić information content (AvgIpc) is 3.08. The van der Waals surface area contributed by atoms with Gasteiger partial charge in [-0.3, -0.25) is 0 Å². The standard InChI is InChI=1S/C18H21NO2/c19-18(16-9-10-20-13-16)15-7-4-8-17(11-15)21-12-14-5-2-1-3-6-14/h1-8,11,16,18H,9-10,12-13,19H2. The molecule has 110 valence electrons. The van der Waals surface area contributed by atoms with E-state index in [9.17, 15) is 0 Å². The molecule has 2 atom stereocenters. The van der Waals surface area contributed by atoms with E-state index in [0.717, 1.165) is 36.5 Å². The highest BCUT2D eigenvalue weighted by Gasteiger charge is 2.24. The number of hydrogen-bond donors (Lipinski definition) is 1. The molecule has 3 nitrogen and oxygen atoms in total. The van der Waals surface area contributed by atoms with Gasteiger partial charge in [0.25, 0.3) is 0 Å². The van der Waals surface area contributed by atoms with Gasteiger partial charge in [-0.15, -0.1) is 0 Å². The second-order valence-corrected chi connectivity index (χ2v) is 5.50. The van der Waals surface area contributed by atoms with Crippen LogP contribution in [-0.2, 0) is 11.3 Å². The number of rotatable bonds is 5. The van der Waals surface area contributed by atoms with E-state index in [0.29, 0.717) is 12.5 Å². The van der Waals surface area contributed by atoms with Gasteiger partial charge < -0.3 is 15.2 Å². The highest BCUT2D eigenvalue weighted by atomic mass is 16.5. The Bertz CT molecular complexity index is 564. The molecule has 2 aromatic carbocycles. The van der Waals surface area contributed by atoms with Crippen LogP contribution in [0.1, 0.15) is 23.6 Å². The summed E-state index contributed by atoms with van der Waals surface area (Å²) in [4.78, 5) is 0. The van der Waals surface area contributed by atoms with Gasteiger partial charge in [-0.05, 0) is 29.7 Å². The number of ether oxygens (including phenoxy) is 2. The highest BCUT2D eigenvalue weighted by Crippen LogP contribution is 2.28. The molecule has 0 amide bonds. The van der Waals surface area contributed by atoms with Crippen LogP contribution in [0.2, 0.25) is 0 Å². The van der Waals surface area contributed by atoms with Gasteiger partial charge in [0.15, 0.2) is 0 Å². The summed E-state index contributed by atoms with van der Waals surface area (Å²) < 4.78 is 11.3. The van der Waals surface area contributed by atoms with Crippen molar-refractivity contribution >= 4 is 0 Å². The van der Waals surface area contributed by atoms with E-state index in [1.165, 1.54) is 0 Å². The zero-order valence-electron chi connectivity index (χ0n) is 12.1. The number of hydrogen-bond acceptors (Lipinski definition) is 3. The van der Waals surface area contributed by atoms with Crippen LogP contribution in [0.3, 0.4) is 0 Å². The molecule has 0 saturated carbocycles. The summed E-state index contributed by atoms with van der Waals surface area (Å²) in [7, 11) is 0. The third kappa shape index (κ3) is 3.63. The topological polar surface area (TPSA) is 44.5 Å². The first-order valence-corrected chi connectivity index (χ1v) is 7.43. The predicted molar refractivity (Wildman–Crippen MR) is 83.1 cm³/mol. The zero-order chi connectivity index (χ0) is 14.5. The van der Waals surface area contributed by atoms with Crippen molar-refractivity contribution in [2.45, 2.75) is 19.1 Å². The monoisotopic (exact) mass is 283 g/mol. The van der Waals surface area contributed by atoms with E-state index in [1.54, 1.807) is 0 Å². The first kappa shape index (κ1) is 14.1. The highest BCUT2D eigenvalue weighted by molar-refractivity contribution is 5.31. The molecule has 1 saturated heterocycles. The first-order chi connectivity index (χ1) is 10.3. The molecular weight excluding hydrogens is 262 g/mol. The number of benzene rings is 2. The summed E-state index contributed by atoms with van der Waals surface area (Å²) in [6, 6.07) is 18.3. The van der Waals surface area contributed by atoms with Gasteiger partial charge in [-0.2, -0.15) is 0 Å². The molecule has 1 aliphatic rings. The Balaban J connectivity index is 1.65. The van der Waals surface area contributed by atoms with Crippen molar-refractivity contribution in [3.05, 3.63) is 65.7 Å². The largest absolute Gasteiger partial charge is 0.489 e. The maximum absolute atomic E-state index is 6.34. The van der Waals surface area contributed by atoms with Crippen molar-refractivity contribution in [2.75, 3.05) is 13.2 Å². The molecule has 0 bridgehead atoms. The van der Waals surface area contributed by atoms with E-state index in [2.05, 4.69) is 18.2 Å². The molecule has 0 radical (unpaired) electrons. The van der Waals surface area contributed by atoms with E-state index in [-0.39, 0.29) is 6.04 Å². The molecule has 1 aliphatic heterocycles. The van der Waals surface area contributed by atoms with Crippen LogP contribution in [-0.4, -0.2) is 13.2 Å². The molecule has 0 spiro atoms. The van der Waals surface area contributed by atoms with Gasteiger partial charge in [0.05, 0.1) is 6.61 Å². The molecule has 3 rings (SSSR count). The lowest BCUT2D eigenvalue weighted by Crippen LogP contribution is -2.21. The van der Waals surface area contributed by atoms with Gasteiger partial charge in [0, 0.05) is 18.6 Å². The second-order valence-electron chi connectivity index (χ2n) is 5.50. The van der Waals surface area contributed by atoms with E-state index in [4.69, 9.17) is 15.2 Å². The van der Waals surface area contributed by atoms with Crippen molar-refractivity contribution < 1.29 is 9.47 Å². The van der Waals surface area contributed by atoms with Gasteiger partial charge >= 0.3 is 0 Å². The Kier molecular flexibility index (Phi) is 4.53. The lowest BCUT2D eigenvalue weighted by atomic mass is 9.93. The maximum Gasteiger partial charge on any atom is 0.120 e. The molecule has 0 aromatic heterocycles. The Hall–Kier alpha value is -1.84. The van der Waals surface area contributed by atoms with Crippen molar-refractivity contribution in [3.63, 3.8) is 0 Å². The normalized spacial score (nSPS) is 19.4. The van der Waals surface area contributed by atoms with Gasteiger partial charge in [-0.1, -0.05) is 42.5 Å². The summed E-state index contributed by atoms with van der Waals surface area (Å²) >= 11 is 0. The van der Waals surface area contributed by atoms with Crippen LogP contribution >= 0.6 is 0 Å². The molecule has 21 heavy (non-hydrogen) atoms. The molecule has 2 unspecified atom stereocenters. The van der Waals surface area contributed by atoms with Crippen LogP contribution in [0.4, 0.5) is 0 Å². The van der Waals surface area contributed by atoms with Crippen molar-refractivity contribution in [2.24, 2.45) is 11.7 Å². The van der Waals surface area contributed by atoms with Crippen molar-refractivity contribution in [3.8, 4) is 5.75 Å². The summed E-state index contributed by atoms with van der Waals surface area (Å²) in [6.45, 7) is 2.16. The second kappa shape index (κ2) is 6.74. The smallest absolute Gasteiger partial charge is 0.120 e. The molecule has 3 heteroatoms. The number of nitrogens with two attached hydrogens (primary N) is 1. The Morgan fingerprint density at radius 3 is 2.76 bits per heavy atom. The summed E-state index contributed by atoms with van der Waals surface area (Å²) in [5.41, 5.74) is 8.63. The van der Waals surface area contributed by atoms with Gasteiger partial charge in [-0.25, -0.2) is 0 Å². The SMILES string of the molecule is NC(c1cccc(OCc2ccccc2)c1)C1CCOC1. The molecule has 2 aromatic rings. The minimum atomic E-state index is 0.0211. The fraction of sp³-hybridized carbons (Fsp3) is 0.333. The average molecular weight is 283 g/mol. The quantitative estimate of drug-likeness (QED) is 0.915. The lowest BCUT2D eigenvalue weighted by molar-refractivity contribution is 0.181. The third-order valence-corrected chi connectivity index (χ3v) is 3.96. The Morgan fingerprint density at radius 1 is 1.14 bits per heavy atom. The minimum Gasteiger partial charge on any atom is -0.489 e. The van der Waals surface area contributed by atoms with Crippen LogP contribution in [0.15, 0.2) is 54.6 Å². The summed E-state index contributed by atoms with van der Waals surface area (Å²) in [5, 5.41) is 0. The van der Waals surface area contributed by atoms with Crippen LogP contribution < -0.4 is 10.5 Å². The fourth-order valence-corrected chi connectivity index (χ4v) is 2.66. The van der Waals surface area contributed by atoms with Crippen molar-refractivity contribution in [1.82, 2.24) is 0 Å². The fourth-order valence-electron chi connectivity index (χ4n) is 2.66. The molecule has 2 N–H and O–H groups in total. The van der Waals surface area contributed by atoms with Crippen molar-refractivity contribution in [1.29, 1.82) is 0 Å². The van der Waals surface area contributed by atoms with Crippen LogP contribution in [0.25, 0.3) is 0 Å². The van der Waals surface area contributed by atoms with Gasteiger partial charge in [0.2, 0.25) is 0 Å². The van der Waals surface area contributed by atoms with Crippen LogP contribution in [0, 0.1) is 5.92 Å². The molecule has 0 aliphatic carbocycles. The minimum absolute atomic E-state index is 0.0211. The molecular formula is C18H21NO2.